The number of likely N-dealkylation sites (tertiary alicyclic amines) is 1. The van der Waals surface area contributed by atoms with Gasteiger partial charge in [-0.25, -0.2) is 10.3 Å². The van der Waals surface area contributed by atoms with Crippen molar-refractivity contribution < 1.29 is 10.0 Å². The first-order chi connectivity index (χ1) is 13.0. The predicted molar refractivity (Wildman–Crippen MR) is 108 cm³/mol. The van der Waals surface area contributed by atoms with Crippen LogP contribution in [0.15, 0.2) is 36.5 Å². The molecule has 0 bridgehead atoms. The number of nitrogens with one attached hydrogen (secondary N) is 1. The van der Waals surface area contributed by atoms with Crippen LogP contribution in [0.25, 0.3) is 0 Å². The SMILES string of the molecule is CCCC1CC(N)CC(C)N1Cc1ccc(N(/C=C\CNO)C(N)=O)cc1. The number of urea groups is 1. The number of nitrogens with zero attached hydrogens (tertiary/aromatic N) is 2. The lowest BCUT2D eigenvalue weighted by molar-refractivity contribution is 0.0683. The number of rotatable bonds is 8. The average Bonchev–Trinajstić information content (AvgIpc) is 2.62. The van der Waals surface area contributed by atoms with Crippen molar-refractivity contribution >= 4 is 11.7 Å². The molecule has 1 aliphatic heterocycles. The fourth-order valence-corrected chi connectivity index (χ4v) is 3.89. The minimum atomic E-state index is -0.571. The zero-order chi connectivity index (χ0) is 19.8. The molecule has 1 aromatic carbocycles. The summed E-state index contributed by atoms with van der Waals surface area (Å²) in [6.07, 6.45) is 7.56. The van der Waals surface area contributed by atoms with Crippen molar-refractivity contribution in [3.8, 4) is 0 Å². The molecule has 0 aliphatic carbocycles. The molecule has 0 saturated carbocycles. The Hall–Kier alpha value is -1.93. The molecule has 3 unspecified atom stereocenters. The second-order valence-corrected chi connectivity index (χ2v) is 7.32. The summed E-state index contributed by atoms with van der Waals surface area (Å²) in [6.45, 7) is 5.58. The number of piperidine rings is 1. The number of hydrogen-bond acceptors (Lipinski definition) is 5. The fraction of sp³-hybridized carbons (Fsp3) is 0.550. The van der Waals surface area contributed by atoms with Crippen molar-refractivity contribution in [3.05, 3.63) is 42.1 Å². The number of carbonyl (C=O) groups is 1. The zero-order valence-electron chi connectivity index (χ0n) is 16.3. The van der Waals surface area contributed by atoms with Crippen LogP contribution < -0.4 is 21.8 Å². The van der Waals surface area contributed by atoms with Gasteiger partial charge in [0, 0.05) is 37.4 Å². The summed E-state index contributed by atoms with van der Waals surface area (Å²) in [5, 5.41) is 8.63. The molecule has 7 nitrogen and oxygen atoms in total. The summed E-state index contributed by atoms with van der Waals surface area (Å²) in [5.74, 6) is 0. The van der Waals surface area contributed by atoms with Gasteiger partial charge in [0.1, 0.15) is 0 Å². The number of amides is 2. The van der Waals surface area contributed by atoms with E-state index >= 15 is 0 Å². The highest BCUT2D eigenvalue weighted by Gasteiger charge is 2.31. The van der Waals surface area contributed by atoms with E-state index in [0.717, 1.165) is 32.2 Å². The Kier molecular flexibility index (Phi) is 8.24. The highest BCUT2D eigenvalue weighted by Crippen LogP contribution is 2.27. The lowest BCUT2D eigenvalue weighted by atomic mass is 9.89. The first kappa shape index (κ1) is 21.4. The van der Waals surface area contributed by atoms with Crippen LogP contribution in [-0.4, -0.2) is 40.8 Å². The molecule has 1 fully saturated rings. The van der Waals surface area contributed by atoms with Gasteiger partial charge in [0.15, 0.2) is 0 Å². The second-order valence-electron chi connectivity index (χ2n) is 7.32. The van der Waals surface area contributed by atoms with Crippen LogP contribution in [0.5, 0.6) is 0 Å². The van der Waals surface area contributed by atoms with E-state index in [1.807, 2.05) is 29.7 Å². The number of carbonyl (C=O) groups excluding carboxylic acids is 1. The molecule has 0 radical (unpaired) electrons. The Morgan fingerprint density at radius 1 is 1.37 bits per heavy atom. The van der Waals surface area contributed by atoms with E-state index in [-0.39, 0.29) is 6.54 Å². The topological polar surface area (TPSA) is 108 Å². The Morgan fingerprint density at radius 3 is 2.67 bits per heavy atom. The molecule has 2 amide bonds. The Labute approximate surface area is 162 Å². The van der Waals surface area contributed by atoms with Crippen molar-refractivity contribution in [2.75, 3.05) is 11.4 Å². The molecule has 1 aromatic rings. The Balaban J connectivity index is 2.10. The molecule has 1 aliphatic rings. The quantitative estimate of drug-likeness (QED) is 0.522. The van der Waals surface area contributed by atoms with Gasteiger partial charge in [0.25, 0.3) is 0 Å². The minimum Gasteiger partial charge on any atom is -0.351 e. The number of hydrogen-bond donors (Lipinski definition) is 4. The third-order valence-corrected chi connectivity index (χ3v) is 5.16. The normalized spacial score (nSPS) is 23.6. The van der Waals surface area contributed by atoms with Gasteiger partial charge in [-0.1, -0.05) is 31.6 Å². The van der Waals surface area contributed by atoms with Crippen molar-refractivity contribution in [1.29, 1.82) is 0 Å². The lowest BCUT2D eigenvalue weighted by Crippen LogP contribution is -2.51. The number of primary amides is 1. The predicted octanol–water partition coefficient (Wildman–Crippen LogP) is 2.54. The molecule has 0 spiro atoms. The van der Waals surface area contributed by atoms with Crippen molar-refractivity contribution in [2.24, 2.45) is 11.5 Å². The molecule has 6 N–H and O–H groups in total. The van der Waals surface area contributed by atoms with E-state index in [1.54, 1.807) is 12.3 Å². The monoisotopic (exact) mass is 375 g/mol. The smallest absolute Gasteiger partial charge is 0.323 e. The van der Waals surface area contributed by atoms with Crippen LogP contribution >= 0.6 is 0 Å². The molecule has 1 saturated heterocycles. The summed E-state index contributed by atoms with van der Waals surface area (Å²) in [5.41, 5.74) is 15.6. The van der Waals surface area contributed by atoms with Gasteiger partial charge in [-0.05, 0) is 43.9 Å². The maximum absolute atomic E-state index is 11.7. The molecule has 0 aromatic heterocycles. The van der Waals surface area contributed by atoms with Crippen molar-refractivity contribution in [1.82, 2.24) is 10.4 Å². The highest BCUT2D eigenvalue weighted by atomic mass is 16.5. The Bertz CT molecular complexity index is 619. The summed E-state index contributed by atoms with van der Waals surface area (Å²) in [6, 6.07) is 8.56. The minimum absolute atomic E-state index is 0.232. The van der Waals surface area contributed by atoms with E-state index in [2.05, 4.69) is 18.7 Å². The maximum Gasteiger partial charge on any atom is 0.323 e. The number of nitrogens with two attached hydrogens (primary N) is 2. The average molecular weight is 376 g/mol. The number of benzene rings is 1. The van der Waals surface area contributed by atoms with E-state index in [4.69, 9.17) is 16.7 Å². The maximum atomic E-state index is 11.7. The molecule has 7 heteroatoms. The molecule has 150 valence electrons. The van der Waals surface area contributed by atoms with E-state index in [9.17, 15) is 4.79 Å². The van der Waals surface area contributed by atoms with Crippen molar-refractivity contribution in [2.45, 2.75) is 64.2 Å². The Morgan fingerprint density at radius 2 is 2.07 bits per heavy atom. The molecule has 3 atom stereocenters. The standard InChI is InChI=1S/C20H33N5O2/c1-3-5-19-13-17(21)12-15(2)25(19)14-16-6-8-18(9-7-16)24(20(22)26)11-4-10-23-27/h4,6-9,11,15,17,19,23,27H,3,5,10,12-14,21H2,1-2H3,(H2,22,26)/b11-4-. The van der Waals surface area contributed by atoms with Crippen LogP contribution in [0.1, 0.15) is 45.1 Å². The van der Waals surface area contributed by atoms with Gasteiger partial charge in [0.2, 0.25) is 0 Å². The highest BCUT2D eigenvalue weighted by molar-refractivity contribution is 5.92. The van der Waals surface area contributed by atoms with Gasteiger partial charge >= 0.3 is 6.03 Å². The van der Waals surface area contributed by atoms with Gasteiger partial charge in [-0.15, -0.1) is 0 Å². The molecular formula is C20H33N5O2. The van der Waals surface area contributed by atoms with Crippen LogP contribution in [0, 0.1) is 0 Å². The molecular weight excluding hydrogens is 342 g/mol. The van der Waals surface area contributed by atoms with Crippen LogP contribution in [-0.2, 0) is 6.54 Å². The largest absolute Gasteiger partial charge is 0.351 e. The second kappa shape index (κ2) is 10.4. The van der Waals surface area contributed by atoms with Crippen LogP contribution in [0.2, 0.25) is 0 Å². The number of anilines is 1. The van der Waals surface area contributed by atoms with Crippen molar-refractivity contribution in [3.63, 3.8) is 0 Å². The van der Waals surface area contributed by atoms with Crippen LogP contribution in [0.4, 0.5) is 10.5 Å². The van der Waals surface area contributed by atoms with Gasteiger partial charge in [0.05, 0.1) is 5.69 Å². The van der Waals surface area contributed by atoms with Crippen LogP contribution in [0.3, 0.4) is 0 Å². The van der Waals surface area contributed by atoms with E-state index in [0.29, 0.717) is 23.8 Å². The van der Waals surface area contributed by atoms with E-state index < -0.39 is 6.03 Å². The molecule has 2 rings (SSSR count). The summed E-state index contributed by atoms with van der Waals surface area (Å²) >= 11 is 0. The van der Waals surface area contributed by atoms with E-state index in [1.165, 1.54) is 10.5 Å². The van der Waals surface area contributed by atoms with Gasteiger partial charge in [-0.2, -0.15) is 0 Å². The van der Waals surface area contributed by atoms with Gasteiger partial charge < -0.3 is 16.7 Å². The summed E-state index contributed by atoms with van der Waals surface area (Å²) in [7, 11) is 0. The molecule has 1 heterocycles. The third-order valence-electron chi connectivity index (χ3n) is 5.16. The summed E-state index contributed by atoms with van der Waals surface area (Å²) < 4.78 is 0. The fourth-order valence-electron chi connectivity index (χ4n) is 3.89. The molecule has 27 heavy (non-hydrogen) atoms. The summed E-state index contributed by atoms with van der Waals surface area (Å²) in [4.78, 5) is 15.6. The first-order valence-electron chi connectivity index (χ1n) is 9.68. The third kappa shape index (κ3) is 6.04. The van der Waals surface area contributed by atoms with Gasteiger partial charge in [-0.3, -0.25) is 9.80 Å². The lowest BCUT2D eigenvalue weighted by Gasteiger charge is -2.43. The number of hydroxylamine groups is 1. The first-order valence-corrected chi connectivity index (χ1v) is 9.68. The zero-order valence-corrected chi connectivity index (χ0v) is 16.3.